The van der Waals surface area contributed by atoms with Crippen LogP contribution in [0.2, 0.25) is 0 Å². The van der Waals surface area contributed by atoms with Crippen LogP contribution in [0.25, 0.3) is 0 Å². The van der Waals surface area contributed by atoms with Crippen molar-refractivity contribution in [2.75, 3.05) is 33.4 Å². The van der Waals surface area contributed by atoms with Crippen LogP contribution in [0.15, 0.2) is 54.6 Å². The Morgan fingerprint density at radius 2 is 1.81 bits per heavy atom. The first kappa shape index (κ1) is 25.7. The number of hydrogen-bond donors (Lipinski definition) is 0. The summed E-state index contributed by atoms with van der Waals surface area (Å²) in [5.74, 6) is -2.26. The van der Waals surface area contributed by atoms with Gasteiger partial charge in [-0.2, -0.15) is 0 Å². The molecular weight excluding hydrogens is 463 g/mol. The van der Waals surface area contributed by atoms with Gasteiger partial charge in [0, 0.05) is 50.9 Å². The summed E-state index contributed by atoms with van der Waals surface area (Å²) in [5.41, 5.74) is -0.644. The molecule has 2 saturated heterocycles. The molecule has 0 N–H and O–H groups in total. The molecule has 2 heterocycles. The molecule has 190 valence electrons. The van der Waals surface area contributed by atoms with Gasteiger partial charge in [-0.1, -0.05) is 48.5 Å². The molecule has 7 nitrogen and oxygen atoms in total. The summed E-state index contributed by atoms with van der Waals surface area (Å²) in [6.45, 7) is 0.901. The second-order valence-corrected chi connectivity index (χ2v) is 9.57. The largest absolute Gasteiger partial charge is 0.383 e. The van der Waals surface area contributed by atoms with Crippen molar-refractivity contribution in [1.29, 1.82) is 0 Å². The summed E-state index contributed by atoms with van der Waals surface area (Å²) >= 11 is 0. The minimum Gasteiger partial charge on any atom is -0.383 e. The highest BCUT2D eigenvalue weighted by Crippen LogP contribution is 2.41. The SMILES string of the molecule is COCCN1C(=O)C[C@](CC(=O)N2CCC[C@H](C(=O)Cc3ccccc3)C2)(c2ccccc2F)C1=O. The van der Waals surface area contributed by atoms with E-state index in [4.69, 9.17) is 4.74 Å². The smallest absolute Gasteiger partial charge is 0.241 e. The number of imide groups is 1. The van der Waals surface area contributed by atoms with Gasteiger partial charge in [0.15, 0.2) is 0 Å². The molecule has 2 fully saturated rings. The van der Waals surface area contributed by atoms with Gasteiger partial charge >= 0.3 is 0 Å². The van der Waals surface area contributed by atoms with Gasteiger partial charge in [0.25, 0.3) is 0 Å². The minimum atomic E-state index is -1.62. The normalized spacial score (nSPS) is 22.2. The van der Waals surface area contributed by atoms with E-state index in [1.54, 1.807) is 11.0 Å². The van der Waals surface area contributed by atoms with E-state index in [0.29, 0.717) is 25.8 Å². The van der Waals surface area contributed by atoms with Gasteiger partial charge in [0.1, 0.15) is 11.6 Å². The van der Waals surface area contributed by atoms with Crippen molar-refractivity contribution < 1.29 is 28.3 Å². The first-order valence-corrected chi connectivity index (χ1v) is 12.3. The van der Waals surface area contributed by atoms with Crippen molar-refractivity contribution in [3.8, 4) is 0 Å². The Kier molecular flexibility index (Phi) is 7.94. The number of Topliss-reactive ketones (excluding diaryl/α,β-unsaturated/α-hetero) is 1. The Morgan fingerprint density at radius 1 is 1.08 bits per heavy atom. The number of ether oxygens (including phenoxy) is 1. The predicted molar refractivity (Wildman–Crippen MR) is 130 cm³/mol. The van der Waals surface area contributed by atoms with Gasteiger partial charge in [-0.05, 0) is 24.5 Å². The Balaban J connectivity index is 1.54. The molecule has 2 aromatic rings. The standard InChI is InChI=1S/C28H31FN2O5/c1-36-15-14-31-26(34)18-28(27(31)35,22-11-5-6-12-23(22)29)17-25(33)30-13-7-10-21(19-30)24(32)16-20-8-3-2-4-9-20/h2-6,8-9,11-12,21H,7,10,13-19H2,1H3/t21-,28+/m0/s1. The number of ketones is 1. The van der Waals surface area contributed by atoms with Crippen LogP contribution in [0.4, 0.5) is 4.39 Å². The summed E-state index contributed by atoms with van der Waals surface area (Å²) in [7, 11) is 1.46. The maximum Gasteiger partial charge on any atom is 0.241 e. The Hall–Kier alpha value is -3.39. The van der Waals surface area contributed by atoms with Crippen molar-refractivity contribution in [2.45, 2.75) is 37.5 Å². The lowest BCUT2D eigenvalue weighted by atomic mass is 9.75. The maximum atomic E-state index is 15.0. The molecule has 0 saturated carbocycles. The number of hydrogen-bond acceptors (Lipinski definition) is 5. The van der Waals surface area contributed by atoms with Crippen LogP contribution in [-0.4, -0.2) is 66.7 Å². The highest BCUT2D eigenvalue weighted by atomic mass is 19.1. The Bertz CT molecular complexity index is 1140. The van der Waals surface area contributed by atoms with Gasteiger partial charge in [-0.15, -0.1) is 0 Å². The zero-order valence-corrected chi connectivity index (χ0v) is 20.5. The fraction of sp³-hybridized carbons (Fsp3) is 0.429. The third-order valence-electron chi connectivity index (χ3n) is 7.22. The number of halogens is 1. The quantitative estimate of drug-likeness (QED) is 0.501. The third kappa shape index (κ3) is 5.23. The number of nitrogens with zero attached hydrogens (tertiary/aromatic N) is 2. The van der Waals surface area contributed by atoms with E-state index in [9.17, 15) is 23.6 Å². The number of rotatable bonds is 9. The van der Waals surface area contributed by atoms with Crippen molar-refractivity contribution >= 4 is 23.5 Å². The van der Waals surface area contributed by atoms with Gasteiger partial charge < -0.3 is 9.64 Å². The first-order chi connectivity index (χ1) is 17.4. The van der Waals surface area contributed by atoms with E-state index in [2.05, 4.69) is 0 Å². The highest BCUT2D eigenvalue weighted by molar-refractivity contribution is 6.10. The second-order valence-electron chi connectivity index (χ2n) is 9.57. The zero-order valence-electron chi connectivity index (χ0n) is 20.5. The number of amides is 3. The molecular formula is C28H31FN2O5. The molecule has 0 bridgehead atoms. The lowest BCUT2D eigenvalue weighted by Gasteiger charge is -2.35. The fourth-order valence-electron chi connectivity index (χ4n) is 5.28. The molecule has 2 aliphatic heterocycles. The van der Waals surface area contributed by atoms with E-state index in [1.807, 2.05) is 30.3 Å². The van der Waals surface area contributed by atoms with Gasteiger partial charge in [-0.3, -0.25) is 24.1 Å². The molecule has 4 rings (SSSR count). The number of carbonyl (C=O) groups is 4. The summed E-state index contributed by atoms with van der Waals surface area (Å²) in [5, 5.41) is 0. The van der Waals surface area contributed by atoms with Gasteiger partial charge in [0.2, 0.25) is 17.7 Å². The molecule has 0 aromatic heterocycles. The summed E-state index contributed by atoms with van der Waals surface area (Å²) in [6.07, 6.45) is 1.04. The van der Waals surface area contributed by atoms with Crippen LogP contribution in [0.1, 0.15) is 36.8 Å². The van der Waals surface area contributed by atoms with Crippen LogP contribution in [0.3, 0.4) is 0 Å². The van der Waals surface area contributed by atoms with Crippen molar-refractivity contribution in [3.63, 3.8) is 0 Å². The third-order valence-corrected chi connectivity index (χ3v) is 7.22. The zero-order chi connectivity index (χ0) is 25.7. The Labute approximate surface area is 210 Å². The number of likely N-dealkylation sites (tertiary alicyclic amines) is 2. The van der Waals surface area contributed by atoms with E-state index >= 15 is 0 Å². The van der Waals surface area contributed by atoms with Gasteiger partial charge in [0.05, 0.1) is 18.6 Å². The molecule has 0 radical (unpaired) electrons. The van der Waals surface area contributed by atoms with E-state index in [0.717, 1.165) is 10.5 Å². The molecule has 3 amide bonds. The average molecular weight is 495 g/mol. The molecule has 0 aliphatic carbocycles. The summed E-state index contributed by atoms with van der Waals surface area (Å²) in [4.78, 5) is 55.5. The highest BCUT2D eigenvalue weighted by Gasteiger charge is 2.55. The molecule has 8 heteroatoms. The Morgan fingerprint density at radius 3 is 2.53 bits per heavy atom. The second kappa shape index (κ2) is 11.1. The number of methoxy groups -OCH3 is 1. The number of benzene rings is 2. The monoisotopic (exact) mass is 494 g/mol. The average Bonchev–Trinajstić information content (AvgIpc) is 3.12. The molecule has 2 aliphatic rings. The van der Waals surface area contributed by atoms with E-state index in [1.165, 1.54) is 25.3 Å². The van der Waals surface area contributed by atoms with Crippen LogP contribution in [0.5, 0.6) is 0 Å². The molecule has 2 aromatic carbocycles. The van der Waals surface area contributed by atoms with Crippen molar-refractivity contribution in [2.24, 2.45) is 5.92 Å². The lowest BCUT2D eigenvalue weighted by Crippen LogP contribution is -2.47. The van der Waals surface area contributed by atoms with Crippen LogP contribution in [0, 0.1) is 11.7 Å². The van der Waals surface area contributed by atoms with E-state index < -0.39 is 23.0 Å². The number of carbonyl (C=O) groups excluding carboxylic acids is 4. The summed E-state index contributed by atoms with van der Waals surface area (Å²) < 4.78 is 20.0. The lowest BCUT2D eigenvalue weighted by molar-refractivity contribution is -0.144. The molecule has 2 atom stereocenters. The van der Waals surface area contributed by atoms with Crippen LogP contribution in [-0.2, 0) is 35.8 Å². The van der Waals surface area contributed by atoms with Crippen LogP contribution >= 0.6 is 0 Å². The summed E-state index contributed by atoms with van der Waals surface area (Å²) in [6, 6.07) is 15.3. The number of piperidine rings is 1. The van der Waals surface area contributed by atoms with Crippen molar-refractivity contribution in [1.82, 2.24) is 9.80 Å². The topological polar surface area (TPSA) is 84.0 Å². The van der Waals surface area contributed by atoms with Crippen molar-refractivity contribution in [3.05, 3.63) is 71.5 Å². The molecule has 0 unspecified atom stereocenters. The van der Waals surface area contributed by atoms with Gasteiger partial charge in [-0.25, -0.2) is 4.39 Å². The molecule has 36 heavy (non-hydrogen) atoms. The minimum absolute atomic E-state index is 0.0400. The van der Waals surface area contributed by atoms with E-state index in [-0.39, 0.29) is 55.7 Å². The maximum absolute atomic E-state index is 15.0. The predicted octanol–water partition coefficient (Wildman–Crippen LogP) is 2.91. The first-order valence-electron chi connectivity index (χ1n) is 12.3. The molecule has 0 spiro atoms. The van der Waals surface area contributed by atoms with Crippen LogP contribution < -0.4 is 0 Å². The fourth-order valence-corrected chi connectivity index (χ4v) is 5.28.